The van der Waals surface area contributed by atoms with Crippen LogP contribution in [0.5, 0.6) is 0 Å². The topological polar surface area (TPSA) is 266 Å². The molecule has 0 rings (SSSR count). The van der Waals surface area contributed by atoms with Crippen LogP contribution in [0.1, 0.15) is 0 Å². The van der Waals surface area contributed by atoms with E-state index in [1.54, 1.807) is 0 Å². The molecule has 4 atom stereocenters. The summed E-state index contributed by atoms with van der Waals surface area (Å²) in [5.41, 5.74) is -6.13. The number of hydrogen-bond acceptors (Lipinski definition) is 14. The van der Waals surface area contributed by atoms with Crippen molar-refractivity contribution in [1.29, 1.82) is 0 Å². The Labute approximate surface area is 184 Å². The maximum Gasteiger partial charge on any atom is 2.00 e. The molecule has 0 saturated carbocycles. The molecule has 0 aromatic heterocycles. The second-order valence-corrected chi connectivity index (χ2v) is 10.9. The summed E-state index contributed by atoms with van der Waals surface area (Å²) in [6.07, 6.45) is 0.791. The van der Waals surface area contributed by atoms with Crippen LogP contribution in [0.25, 0.3) is 0 Å². The maximum atomic E-state index is 10.5. The van der Waals surface area contributed by atoms with E-state index < -0.39 is 41.6 Å². The van der Waals surface area contributed by atoms with E-state index in [0.29, 0.717) is 12.5 Å². The fourth-order valence-electron chi connectivity index (χ4n) is 0.663. The van der Waals surface area contributed by atoms with Gasteiger partial charge in [0.05, 0.1) is 12.5 Å². The smallest absolute Gasteiger partial charge is 0.809 e. The van der Waals surface area contributed by atoms with Crippen LogP contribution in [0.2, 0.25) is 0 Å². The van der Waals surface area contributed by atoms with Crippen molar-refractivity contribution >= 4 is 30.4 Å². The van der Waals surface area contributed by atoms with Crippen LogP contribution in [-0.2, 0) is 78.5 Å². The van der Waals surface area contributed by atoms with Crippen LogP contribution >= 0.6 is 30.4 Å². The van der Waals surface area contributed by atoms with E-state index in [-0.39, 0.29) is 51.2 Å². The van der Waals surface area contributed by atoms with Gasteiger partial charge < -0.3 is 57.8 Å². The van der Waals surface area contributed by atoms with Crippen molar-refractivity contribution in [2.24, 2.45) is 0 Å². The molecular formula is C6H10Cu3O14P4. The molecule has 0 saturated heterocycles. The Kier molecular flexibility index (Phi) is 21.7. The van der Waals surface area contributed by atoms with E-state index in [0.717, 1.165) is 0 Å². The summed E-state index contributed by atoms with van der Waals surface area (Å²) >= 11 is 0. The number of aliphatic hydroxyl groups excluding tert-OH is 2. The summed E-state index contributed by atoms with van der Waals surface area (Å²) in [6.45, 7) is 5.62. The Bertz CT molecular complexity index is 574. The molecule has 0 aliphatic carbocycles. The van der Waals surface area contributed by atoms with Crippen molar-refractivity contribution in [3.05, 3.63) is 25.7 Å². The molecule has 0 spiro atoms. The maximum absolute atomic E-state index is 10.5. The van der Waals surface area contributed by atoms with Gasteiger partial charge in [0, 0.05) is 0 Å². The molecule has 0 aromatic rings. The van der Waals surface area contributed by atoms with Crippen LogP contribution < -0.4 is 29.4 Å². The number of hydrogen-bond donors (Lipinski definition) is 2. The molecule has 0 aliphatic heterocycles. The van der Waals surface area contributed by atoms with Crippen LogP contribution in [0.3, 0.4) is 0 Å². The predicted octanol–water partition coefficient (Wildman–Crippen LogP) is -4.23. The zero-order valence-electron chi connectivity index (χ0n) is 12.2. The third kappa shape index (κ3) is 15.7. The van der Waals surface area contributed by atoms with Crippen LogP contribution in [-0.4, -0.2) is 21.4 Å². The molecule has 27 heavy (non-hydrogen) atoms. The molecule has 14 nitrogen and oxygen atoms in total. The van der Waals surface area contributed by atoms with Gasteiger partial charge in [0.1, 0.15) is 0 Å². The molecule has 4 unspecified atom stereocenters. The zero-order valence-corrected chi connectivity index (χ0v) is 18.6. The Hall–Kier alpha value is 1.24. The minimum atomic E-state index is -5.60. The molecule has 0 heterocycles. The Morgan fingerprint density at radius 3 is 0.963 bits per heavy atom. The molecular weight excluding hydrogens is 611 g/mol. The summed E-state index contributed by atoms with van der Waals surface area (Å²) < 4.78 is 48.3. The van der Waals surface area contributed by atoms with E-state index in [1.807, 2.05) is 0 Å². The van der Waals surface area contributed by atoms with E-state index in [1.165, 1.54) is 0 Å². The third-order valence-electron chi connectivity index (χ3n) is 1.57. The second kappa shape index (κ2) is 15.1. The van der Waals surface area contributed by atoms with Crippen LogP contribution in [0.4, 0.5) is 0 Å². The van der Waals surface area contributed by atoms with E-state index in [4.69, 9.17) is 10.2 Å². The van der Waals surface area contributed by atoms with E-state index in [2.05, 4.69) is 22.2 Å². The summed E-state index contributed by atoms with van der Waals surface area (Å²) in [5.74, 6) is 0. The van der Waals surface area contributed by atoms with E-state index in [9.17, 15) is 47.6 Å². The van der Waals surface area contributed by atoms with Gasteiger partial charge in [-0.3, -0.25) is 9.13 Å². The van der Waals surface area contributed by atoms with E-state index >= 15 is 0 Å². The van der Waals surface area contributed by atoms with Gasteiger partial charge in [-0.05, 0) is 15.2 Å². The molecule has 3 radical (unpaired) electrons. The Morgan fingerprint density at radius 2 is 0.852 bits per heavy atom. The summed E-state index contributed by atoms with van der Waals surface area (Å²) in [5, 5.41) is 16.8. The monoisotopic (exact) mass is 619 g/mol. The van der Waals surface area contributed by atoms with Gasteiger partial charge in [-0.25, -0.2) is 0 Å². The molecule has 21 heteroatoms. The van der Waals surface area contributed by atoms with Gasteiger partial charge in [-0.1, -0.05) is 13.2 Å². The average molecular weight is 621 g/mol. The standard InChI is InChI=1S/2C3H8O7P2.3Cu/c2*1-2-10-12(8,9)3(4)11(5,6)7;;;/h2*2-4H,1H2,(H,8,9)(H2,5,6,7);;;/q;;3*+2/p-6. The van der Waals surface area contributed by atoms with Crippen molar-refractivity contribution in [2.75, 3.05) is 0 Å². The predicted molar refractivity (Wildman–Crippen MR) is 65.0 cm³/mol. The summed E-state index contributed by atoms with van der Waals surface area (Å²) in [4.78, 5) is 60.9. The molecule has 0 bridgehead atoms. The van der Waals surface area contributed by atoms with Gasteiger partial charge in [0.2, 0.25) is 15.2 Å². The van der Waals surface area contributed by atoms with Crippen molar-refractivity contribution in [1.82, 2.24) is 0 Å². The first-order chi connectivity index (χ1) is 10.4. The largest absolute Gasteiger partial charge is 2.00 e. The van der Waals surface area contributed by atoms with Crippen LogP contribution in [0, 0.1) is 0 Å². The quantitative estimate of drug-likeness (QED) is 0.148. The van der Waals surface area contributed by atoms with Gasteiger partial charge in [-0.15, -0.1) is 0 Å². The normalized spacial score (nSPS) is 17.2. The molecule has 2 N–H and O–H groups in total. The third-order valence-corrected chi connectivity index (χ3v) is 8.12. The first-order valence-corrected chi connectivity index (χ1v) is 11.5. The zero-order chi connectivity index (χ0) is 20.0. The first-order valence-electron chi connectivity index (χ1n) is 5.03. The van der Waals surface area contributed by atoms with Gasteiger partial charge in [0.15, 0.2) is 11.2 Å². The molecule has 0 amide bonds. The minimum absolute atomic E-state index is 0. The Morgan fingerprint density at radius 1 is 0.667 bits per heavy atom. The van der Waals surface area contributed by atoms with Crippen molar-refractivity contribution in [3.8, 4) is 0 Å². The van der Waals surface area contributed by atoms with Gasteiger partial charge >= 0.3 is 51.2 Å². The van der Waals surface area contributed by atoms with Crippen LogP contribution in [0.15, 0.2) is 25.7 Å². The summed E-state index contributed by atoms with van der Waals surface area (Å²) in [6, 6.07) is 0. The number of aliphatic hydroxyl groups is 2. The second-order valence-electron chi connectivity index (χ2n) is 3.40. The molecule has 0 aromatic carbocycles. The fourth-order valence-corrected chi connectivity index (χ4v) is 4.39. The average Bonchev–Trinajstić information content (AvgIpc) is 2.35. The van der Waals surface area contributed by atoms with Gasteiger partial charge in [0.25, 0.3) is 0 Å². The van der Waals surface area contributed by atoms with Crippen molar-refractivity contribution in [2.45, 2.75) is 11.2 Å². The van der Waals surface area contributed by atoms with Crippen molar-refractivity contribution in [3.63, 3.8) is 0 Å². The van der Waals surface area contributed by atoms with Gasteiger partial charge in [-0.2, -0.15) is 0 Å². The molecule has 171 valence electrons. The summed E-state index contributed by atoms with van der Waals surface area (Å²) in [7, 11) is -21.4. The minimum Gasteiger partial charge on any atom is -0.809 e. The number of rotatable bonds is 8. The molecule has 0 fully saturated rings. The Balaban J connectivity index is -0.000000108. The molecule has 0 aliphatic rings. The SMILES string of the molecule is C=COP(=O)([O-])C(O)P(=O)([O-])[O-].C=COP(=O)([O-])C(O)P(=O)([O-])[O-].[Cu+2].[Cu+2].[Cu+2]. The van der Waals surface area contributed by atoms with Crippen molar-refractivity contribution < 1.29 is 118 Å². The first kappa shape index (κ1) is 38.8. The fraction of sp³-hybridized carbons (Fsp3) is 0.333.